The lowest BCUT2D eigenvalue weighted by Gasteiger charge is -2.26. The van der Waals surface area contributed by atoms with E-state index in [1.807, 2.05) is 0 Å². The standard InChI is InChI=1S/C15H19FN2O3/c1-11(17-20)13-9-12(16)5-6-14(13)21-10-15(19)18-7-3-2-4-8-18/h5-6,9,20H,2-4,7-8,10H2,1H3/b17-11-. The van der Waals surface area contributed by atoms with Crippen LogP contribution in [0.1, 0.15) is 31.7 Å². The van der Waals surface area contributed by atoms with Crippen molar-refractivity contribution in [1.82, 2.24) is 4.90 Å². The van der Waals surface area contributed by atoms with E-state index >= 15 is 0 Å². The molecule has 0 bridgehead atoms. The predicted octanol–water partition coefficient (Wildman–Crippen LogP) is 2.42. The van der Waals surface area contributed by atoms with Gasteiger partial charge in [-0.05, 0) is 44.4 Å². The van der Waals surface area contributed by atoms with Crippen molar-refractivity contribution < 1.29 is 19.1 Å². The van der Waals surface area contributed by atoms with Crippen molar-refractivity contribution in [3.63, 3.8) is 0 Å². The Bertz CT molecular complexity index is 540. The maximum Gasteiger partial charge on any atom is 0.260 e. The third-order valence-corrected chi connectivity index (χ3v) is 3.54. The number of nitrogens with zero attached hydrogens (tertiary/aromatic N) is 2. The van der Waals surface area contributed by atoms with E-state index in [2.05, 4.69) is 5.16 Å². The fraction of sp³-hybridized carbons (Fsp3) is 0.467. The molecule has 1 aromatic carbocycles. The zero-order valence-corrected chi connectivity index (χ0v) is 12.0. The fourth-order valence-electron chi connectivity index (χ4n) is 2.34. The van der Waals surface area contributed by atoms with Gasteiger partial charge in [0, 0.05) is 18.7 Å². The van der Waals surface area contributed by atoms with Crippen LogP contribution in [-0.2, 0) is 4.79 Å². The number of hydrogen-bond acceptors (Lipinski definition) is 4. The van der Waals surface area contributed by atoms with E-state index in [4.69, 9.17) is 9.94 Å². The summed E-state index contributed by atoms with van der Waals surface area (Å²) in [6.45, 7) is 2.95. The summed E-state index contributed by atoms with van der Waals surface area (Å²) in [7, 11) is 0. The molecule has 1 fully saturated rings. The second kappa shape index (κ2) is 7.06. The van der Waals surface area contributed by atoms with E-state index in [9.17, 15) is 9.18 Å². The molecule has 0 spiro atoms. The third kappa shape index (κ3) is 3.93. The number of halogens is 1. The summed E-state index contributed by atoms with van der Waals surface area (Å²) < 4.78 is 18.7. The first-order valence-electron chi connectivity index (χ1n) is 7.01. The molecule has 0 radical (unpaired) electrons. The summed E-state index contributed by atoms with van der Waals surface area (Å²) in [4.78, 5) is 13.8. The van der Waals surface area contributed by atoms with Gasteiger partial charge >= 0.3 is 0 Å². The smallest absolute Gasteiger partial charge is 0.260 e. The molecule has 6 heteroatoms. The number of carbonyl (C=O) groups is 1. The van der Waals surface area contributed by atoms with Crippen LogP contribution in [0.3, 0.4) is 0 Å². The molecule has 0 atom stereocenters. The molecule has 0 aliphatic carbocycles. The molecule has 1 aliphatic rings. The summed E-state index contributed by atoms with van der Waals surface area (Å²) in [5.41, 5.74) is 0.568. The highest BCUT2D eigenvalue weighted by Gasteiger charge is 2.18. The minimum absolute atomic E-state index is 0.0800. The Kier molecular flexibility index (Phi) is 5.14. The SMILES string of the molecule is C/C(=N/O)c1cc(F)ccc1OCC(=O)N1CCCCC1. The van der Waals surface area contributed by atoms with Crippen molar-refractivity contribution in [1.29, 1.82) is 0 Å². The van der Waals surface area contributed by atoms with Crippen molar-refractivity contribution in [2.24, 2.45) is 5.16 Å². The zero-order valence-electron chi connectivity index (χ0n) is 12.0. The molecular weight excluding hydrogens is 275 g/mol. The molecule has 1 aromatic rings. The van der Waals surface area contributed by atoms with Crippen LogP contribution in [0.15, 0.2) is 23.4 Å². The minimum atomic E-state index is -0.456. The van der Waals surface area contributed by atoms with Crippen LogP contribution < -0.4 is 4.74 Å². The maximum absolute atomic E-state index is 13.3. The van der Waals surface area contributed by atoms with Gasteiger partial charge in [0.15, 0.2) is 6.61 Å². The van der Waals surface area contributed by atoms with Crippen molar-refractivity contribution in [3.8, 4) is 5.75 Å². The van der Waals surface area contributed by atoms with E-state index in [0.29, 0.717) is 11.3 Å². The number of likely N-dealkylation sites (tertiary alicyclic amines) is 1. The topological polar surface area (TPSA) is 62.1 Å². The Morgan fingerprint density at radius 1 is 1.38 bits per heavy atom. The van der Waals surface area contributed by atoms with Crippen LogP contribution in [-0.4, -0.2) is 41.4 Å². The zero-order chi connectivity index (χ0) is 15.2. The van der Waals surface area contributed by atoms with Crippen LogP contribution >= 0.6 is 0 Å². The number of oxime groups is 1. The fourth-order valence-corrected chi connectivity index (χ4v) is 2.34. The Balaban J connectivity index is 2.04. The van der Waals surface area contributed by atoms with Gasteiger partial charge in [0.25, 0.3) is 5.91 Å². The van der Waals surface area contributed by atoms with Gasteiger partial charge in [-0.1, -0.05) is 5.16 Å². The van der Waals surface area contributed by atoms with Gasteiger partial charge in [-0.25, -0.2) is 4.39 Å². The number of benzene rings is 1. The number of hydrogen-bond donors (Lipinski definition) is 1. The highest BCUT2D eigenvalue weighted by atomic mass is 19.1. The van der Waals surface area contributed by atoms with E-state index in [1.54, 1.807) is 4.90 Å². The van der Waals surface area contributed by atoms with Crippen LogP contribution in [0.25, 0.3) is 0 Å². The normalized spacial score (nSPS) is 15.9. The van der Waals surface area contributed by atoms with Gasteiger partial charge in [-0.3, -0.25) is 4.79 Å². The first-order valence-corrected chi connectivity index (χ1v) is 7.01. The quantitative estimate of drug-likeness (QED) is 0.527. The summed E-state index contributed by atoms with van der Waals surface area (Å²) in [5, 5.41) is 11.9. The minimum Gasteiger partial charge on any atom is -0.483 e. The van der Waals surface area contributed by atoms with Gasteiger partial charge in [-0.2, -0.15) is 0 Å². The molecule has 1 aliphatic heterocycles. The number of ether oxygens (including phenoxy) is 1. The molecule has 1 saturated heterocycles. The first kappa shape index (κ1) is 15.3. The lowest BCUT2D eigenvalue weighted by Crippen LogP contribution is -2.38. The van der Waals surface area contributed by atoms with Gasteiger partial charge in [-0.15, -0.1) is 0 Å². The molecule has 0 saturated carbocycles. The Morgan fingerprint density at radius 2 is 2.10 bits per heavy atom. The molecule has 1 amide bonds. The van der Waals surface area contributed by atoms with Crippen LogP contribution in [0, 0.1) is 5.82 Å². The summed E-state index contributed by atoms with van der Waals surface area (Å²) in [5.74, 6) is -0.205. The number of rotatable bonds is 4. The van der Waals surface area contributed by atoms with E-state index in [0.717, 1.165) is 32.4 Å². The maximum atomic E-state index is 13.3. The Labute approximate surface area is 123 Å². The van der Waals surface area contributed by atoms with Gasteiger partial charge in [0.05, 0.1) is 5.71 Å². The highest BCUT2D eigenvalue weighted by Crippen LogP contribution is 2.21. The molecule has 21 heavy (non-hydrogen) atoms. The summed E-state index contributed by atoms with van der Waals surface area (Å²) in [6, 6.07) is 3.90. The molecule has 1 heterocycles. The van der Waals surface area contributed by atoms with E-state index < -0.39 is 5.82 Å². The van der Waals surface area contributed by atoms with Gasteiger partial charge < -0.3 is 14.8 Å². The second-order valence-corrected chi connectivity index (χ2v) is 5.06. The number of piperidine rings is 1. The van der Waals surface area contributed by atoms with Gasteiger partial charge in [0.2, 0.25) is 0 Å². The number of carbonyl (C=O) groups excluding carboxylic acids is 1. The first-order chi connectivity index (χ1) is 10.1. The lowest BCUT2D eigenvalue weighted by atomic mass is 10.1. The largest absolute Gasteiger partial charge is 0.483 e. The molecule has 114 valence electrons. The average Bonchev–Trinajstić information content (AvgIpc) is 2.53. The predicted molar refractivity (Wildman–Crippen MR) is 76.3 cm³/mol. The lowest BCUT2D eigenvalue weighted by molar-refractivity contribution is -0.134. The average molecular weight is 294 g/mol. The molecule has 2 rings (SSSR count). The Morgan fingerprint density at radius 3 is 2.76 bits per heavy atom. The monoisotopic (exact) mass is 294 g/mol. The van der Waals surface area contributed by atoms with Crippen molar-refractivity contribution in [2.45, 2.75) is 26.2 Å². The summed E-state index contributed by atoms with van der Waals surface area (Å²) >= 11 is 0. The third-order valence-electron chi connectivity index (χ3n) is 3.54. The van der Waals surface area contributed by atoms with Crippen LogP contribution in [0.4, 0.5) is 4.39 Å². The number of amides is 1. The Hall–Kier alpha value is -2.11. The van der Waals surface area contributed by atoms with Crippen molar-refractivity contribution in [3.05, 3.63) is 29.6 Å². The van der Waals surface area contributed by atoms with E-state index in [-0.39, 0.29) is 18.2 Å². The van der Waals surface area contributed by atoms with Crippen LogP contribution in [0.2, 0.25) is 0 Å². The molecule has 1 N–H and O–H groups in total. The molecule has 0 aromatic heterocycles. The summed E-state index contributed by atoms with van der Waals surface area (Å²) in [6.07, 6.45) is 3.19. The van der Waals surface area contributed by atoms with Gasteiger partial charge in [0.1, 0.15) is 11.6 Å². The van der Waals surface area contributed by atoms with E-state index in [1.165, 1.54) is 25.1 Å². The van der Waals surface area contributed by atoms with Crippen LogP contribution in [0.5, 0.6) is 5.75 Å². The van der Waals surface area contributed by atoms with Crippen molar-refractivity contribution in [2.75, 3.05) is 19.7 Å². The molecule has 0 unspecified atom stereocenters. The molecular formula is C15H19FN2O3. The molecule has 5 nitrogen and oxygen atoms in total. The highest BCUT2D eigenvalue weighted by molar-refractivity contribution is 6.00. The second-order valence-electron chi connectivity index (χ2n) is 5.06. The van der Waals surface area contributed by atoms with Crippen molar-refractivity contribution >= 4 is 11.6 Å².